The summed E-state index contributed by atoms with van der Waals surface area (Å²) in [6.45, 7) is 0.130. The number of imide groups is 1. The van der Waals surface area contributed by atoms with Gasteiger partial charge in [-0.3, -0.25) is 19.3 Å². The molecule has 0 unspecified atom stereocenters. The quantitative estimate of drug-likeness (QED) is 0.632. The normalized spacial score (nSPS) is 18.1. The van der Waals surface area contributed by atoms with Crippen molar-refractivity contribution in [3.8, 4) is 5.75 Å². The smallest absolute Gasteiger partial charge is 0.236 e. The highest BCUT2D eigenvalue weighted by Crippen LogP contribution is 2.28. The first-order valence-electron chi connectivity index (χ1n) is 8.26. The molecular weight excluding hydrogens is 334 g/mol. The van der Waals surface area contributed by atoms with Gasteiger partial charge in [-0.1, -0.05) is 42.5 Å². The van der Waals surface area contributed by atoms with Crippen molar-refractivity contribution in [2.24, 2.45) is 5.92 Å². The second-order valence-corrected chi connectivity index (χ2v) is 6.12. The number of carbonyl (C=O) groups is 3. The maximum absolute atomic E-state index is 12.6. The number of hydrogen-bond donors (Lipinski definition) is 1. The Morgan fingerprint density at radius 3 is 2.50 bits per heavy atom. The molecule has 2 amide bonds. The number of para-hydroxylation sites is 1. The van der Waals surface area contributed by atoms with Crippen molar-refractivity contribution in [2.75, 3.05) is 7.11 Å². The topological polar surface area (TPSA) is 83.9 Å². The summed E-state index contributed by atoms with van der Waals surface area (Å²) in [6, 6.07) is 15.6. The van der Waals surface area contributed by atoms with Crippen LogP contribution >= 0.6 is 0 Å². The summed E-state index contributed by atoms with van der Waals surface area (Å²) in [5.74, 6) is -2.32. The first-order valence-corrected chi connectivity index (χ1v) is 8.26. The standard InChI is InChI=1S/C20H19NO5/c1-26-16-10-6-5-9-14(16)18(23)19(24)15-11-17(22)21(20(15)25)12-13-7-3-2-4-8-13/h2-10,15,19,24H,11-12H2,1H3/t15-,19-/m1/s1. The summed E-state index contributed by atoms with van der Waals surface area (Å²) in [5, 5.41) is 10.5. The molecule has 0 aromatic heterocycles. The summed E-state index contributed by atoms with van der Waals surface area (Å²) >= 11 is 0. The number of aliphatic hydroxyl groups is 1. The lowest BCUT2D eigenvalue weighted by Gasteiger charge is -2.18. The number of Topliss-reactive ketones (excluding diaryl/α,β-unsaturated/α-hetero) is 1. The number of ether oxygens (including phenoxy) is 1. The maximum Gasteiger partial charge on any atom is 0.236 e. The Morgan fingerprint density at radius 1 is 1.15 bits per heavy atom. The molecule has 1 aliphatic heterocycles. The monoisotopic (exact) mass is 353 g/mol. The van der Waals surface area contributed by atoms with Gasteiger partial charge in [-0.15, -0.1) is 0 Å². The summed E-state index contributed by atoms with van der Waals surface area (Å²) < 4.78 is 5.13. The van der Waals surface area contributed by atoms with E-state index in [-0.39, 0.29) is 18.5 Å². The van der Waals surface area contributed by atoms with E-state index in [1.54, 1.807) is 18.2 Å². The molecule has 1 heterocycles. The molecule has 3 rings (SSSR count). The predicted molar refractivity (Wildman–Crippen MR) is 93.4 cm³/mol. The molecule has 0 aliphatic carbocycles. The average Bonchev–Trinajstić information content (AvgIpc) is 2.95. The lowest BCUT2D eigenvalue weighted by Crippen LogP contribution is -2.37. The number of benzene rings is 2. The average molecular weight is 353 g/mol. The number of nitrogens with zero attached hydrogens (tertiary/aromatic N) is 1. The third kappa shape index (κ3) is 3.36. The van der Waals surface area contributed by atoms with Gasteiger partial charge in [-0.2, -0.15) is 0 Å². The fourth-order valence-electron chi connectivity index (χ4n) is 3.08. The van der Waals surface area contributed by atoms with Crippen molar-refractivity contribution in [3.05, 3.63) is 65.7 Å². The van der Waals surface area contributed by atoms with E-state index in [0.29, 0.717) is 5.75 Å². The van der Waals surface area contributed by atoms with Gasteiger partial charge >= 0.3 is 0 Å². The highest BCUT2D eigenvalue weighted by atomic mass is 16.5. The van der Waals surface area contributed by atoms with Gasteiger partial charge < -0.3 is 9.84 Å². The number of likely N-dealkylation sites (tertiary alicyclic amines) is 1. The summed E-state index contributed by atoms with van der Waals surface area (Å²) in [4.78, 5) is 38.6. The Bertz CT molecular complexity index is 833. The fourth-order valence-corrected chi connectivity index (χ4v) is 3.08. The van der Waals surface area contributed by atoms with Crippen LogP contribution in [0.25, 0.3) is 0 Å². The molecule has 134 valence electrons. The minimum Gasteiger partial charge on any atom is -0.496 e. The van der Waals surface area contributed by atoms with Gasteiger partial charge in [0.2, 0.25) is 11.8 Å². The number of ketones is 1. The van der Waals surface area contributed by atoms with Crippen LogP contribution in [0.4, 0.5) is 0 Å². The van der Waals surface area contributed by atoms with Crippen LogP contribution in [-0.2, 0) is 16.1 Å². The number of methoxy groups -OCH3 is 1. The molecule has 0 radical (unpaired) electrons. The van der Waals surface area contributed by atoms with Gasteiger partial charge in [-0.25, -0.2) is 0 Å². The van der Waals surface area contributed by atoms with E-state index in [1.165, 1.54) is 13.2 Å². The van der Waals surface area contributed by atoms with E-state index in [0.717, 1.165) is 10.5 Å². The zero-order valence-electron chi connectivity index (χ0n) is 14.3. The molecule has 0 saturated carbocycles. The van der Waals surface area contributed by atoms with Crippen molar-refractivity contribution in [1.29, 1.82) is 0 Å². The van der Waals surface area contributed by atoms with Gasteiger partial charge in [0.05, 0.1) is 25.1 Å². The lowest BCUT2D eigenvalue weighted by molar-refractivity contribution is -0.140. The molecule has 26 heavy (non-hydrogen) atoms. The Hall–Kier alpha value is -2.99. The fraction of sp³-hybridized carbons (Fsp3) is 0.250. The highest BCUT2D eigenvalue weighted by Gasteiger charge is 2.45. The van der Waals surface area contributed by atoms with Crippen LogP contribution in [0, 0.1) is 5.92 Å². The van der Waals surface area contributed by atoms with Crippen LogP contribution in [-0.4, -0.2) is 40.8 Å². The second kappa shape index (κ2) is 7.49. The SMILES string of the molecule is COc1ccccc1C(=O)[C@H](O)[C@H]1CC(=O)N(Cc2ccccc2)C1=O. The lowest BCUT2D eigenvalue weighted by atomic mass is 9.93. The van der Waals surface area contributed by atoms with Crippen molar-refractivity contribution < 1.29 is 24.2 Å². The van der Waals surface area contributed by atoms with Gasteiger partial charge in [0.1, 0.15) is 11.9 Å². The third-order valence-electron chi connectivity index (χ3n) is 4.48. The van der Waals surface area contributed by atoms with Gasteiger partial charge in [-0.05, 0) is 17.7 Å². The van der Waals surface area contributed by atoms with Crippen LogP contribution in [0.1, 0.15) is 22.3 Å². The van der Waals surface area contributed by atoms with Crippen molar-refractivity contribution >= 4 is 17.6 Å². The first-order chi connectivity index (χ1) is 12.5. The number of hydrogen-bond acceptors (Lipinski definition) is 5. The summed E-state index contributed by atoms with van der Waals surface area (Å²) in [5.41, 5.74) is 0.990. The minimum absolute atomic E-state index is 0.130. The zero-order valence-corrected chi connectivity index (χ0v) is 14.3. The van der Waals surface area contributed by atoms with E-state index >= 15 is 0 Å². The van der Waals surface area contributed by atoms with E-state index in [9.17, 15) is 19.5 Å². The molecule has 1 aliphatic rings. The number of carbonyl (C=O) groups excluding carboxylic acids is 3. The van der Waals surface area contributed by atoms with Crippen molar-refractivity contribution in [1.82, 2.24) is 4.90 Å². The van der Waals surface area contributed by atoms with Crippen LogP contribution in [0.3, 0.4) is 0 Å². The first kappa shape index (κ1) is 17.8. The van der Waals surface area contributed by atoms with Crippen molar-refractivity contribution in [3.63, 3.8) is 0 Å². The Balaban J connectivity index is 1.78. The van der Waals surface area contributed by atoms with Crippen molar-refractivity contribution in [2.45, 2.75) is 19.1 Å². The molecule has 6 nitrogen and oxygen atoms in total. The number of rotatable bonds is 6. The summed E-state index contributed by atoms with van der Waals surface area (Å²) in [7, 11) is 1.42. The molecule has 0 bridgehead atoms. The maximum atomic E-state index is 12.6. The largest absolute Gasteiger partial charge is 0.496 e. The van der Waals surface area contributed by atoms with Crippen LogP contribution in [0.5, 0.6) is 5.75 Å². The molecule has 2 atom stereocenters. The highest BCUT2D eigenvalue weighted by molar-refractivity contribution is 6.09. The second-order valence-electron chi connectivity index (χ2n) is 6.12. The van der Waals surface area contributed by atoms with E-state index in [1.807, 2.05) is 30.3 Å². The van der Waals surface area contributed by atoms with E-state index in [4.69, 9.17) is 4.74 Å². The van der Waals surface area contributed by atoms with Crippen LogP contribution in [0.15, 0.2) is 54.6 Å². The van der Waals surface area contributed by atoms with Crippen LogP contribution in [0.2, 0.25) is 0 Å². The number of amides is 2. The molecule has 6 heteroatoms. The molecule has 2 aromatic rings. The molecule has 2 aromatic carbocycles. The van der Waals surface area contributed by atoms with Gasteiger partial charge in [0.25, 0.3) is 0 Å². The minimum atomic E-state index is -1.59. The number of aliphatic hydroxyl groups excluding tert-OH is 1. The van der Waals surface area contributed by atoms with E-state index < -0.39 is 29.6 Å². The Labute approximate surface area is 151 Å². The Kier molecular flexibility index (Phi) is 5.14. The third-order valence-corrected chi connectivity index (χ3v) is 4.48. The van der Waals surface area contributed by atoms with Gasteiger partial charge in [0.15, 0.2) is 5.78 Å². The Morgan fingerprint density at radius 2 is 1.81 bits per heavy atom. The molecule has 0 spiro atoms. The molecule has 1 fully saturated rings. The zero-order chi connectivity index (χ0) is 18.7. The molecular formula is C20H19NO5. The predicted octanol–water partition coefficient (Wildman–Crippen LogP) is 1.81. The van der Waals surface area contributed by atoms with Crippen LogP contribution < -0.4 is 4.74 Å². The molecule has 1 N–H and O–H groups in total. The molecule has 1 saturated heterocycles. The summed E-state index contributed by atoms with van der Waals surface area (Å²) in [6.07, 6.45) is -1.78. The van der Waals surface area contributed by atoms with E-state index in [2.05, 4.69) is 0 Å². The van der Waals surface area contributed by atoms with Gasteiger partial charge in [0, 0.05) is 6.42 Å².